The lowest BCUT2D eigenvalue weighted by Gasteiger charge is -2.26. The average molecular weight is 254 g/mol. The lowest BCUT2D eigenvalue weighted by atomic mass is 9.93. The van der Waals surface area contributed by atoms with Crippen molar-refractivity contribution < 1.29 is 4.79 Å². The van der Waals surface area contributed by atoms with Crippen LogP contribution in [0.2, 0.25) is 0 Å². The highest BCUT2D eigenvalue weighted by atomic mass is 16.1. The Morgan fingerprint density at radius 1 is 1.33 bits per heavy atom. The highest BCUT2D eigenvalue weighted by molar-refractivity contribution is 5.76. The molecule has 1 rings (SSSR count). The first-order valence-electron chi connectivity index (χ1n) is 7.50. The van der Waals surface area contributed by atoms with Crippen molar-refractivity contribution in [1.82, 2.24) is 5.32 Å². The van der Waals surface area contributed by atoms with Gasteiger partial charge in [0, 0.05) is 12.0 Å². The number of carbonyl (C=O) groups is 1. The Morgan fingerprint density at radius 3 is 2.50 bits per heavy atom. The zero-order chi connectivity index (χ0) is 13.6. The van der Waals surface area contributed by atoms with Gasteiger partial charge in [-0.1, -0.05) is 19.8 Å². The maximum atomic E-state index is 12.0. The van der Waals surface area contributed by atoms with Crippen LogP contribution in [0.4, 0.5) is 0 Å². The number of carbonyl (C=O) groups excluding carboxylic acids is 1. The van der Waals surface area contributed by atoms with E-state index in [0.29, 0.717) is 18.3 Å². The zero-order valence-electron chi connectivity index (χ0n) is 12.3. The molecule has 1 aliphatic carbocycles. The van der Waals surface area contributed by atoms with Crippen LogP contribution >= 0.6 is 0 Å². The molecule has 106 valence electrons. The van der Waals surface area contributed by atoms with E-state index in [1.807, 2.05) is 0 Å². The molecule has 1 saturated carbocycles. The zero-order valence-corrected chi connectivity index (χ0v) is 12.3. The molecule has 1 aliphatic rings. The van der Waals surface area contributed by atoms with Crippen molar-refractivity contribution >= 4 is 5.91 Å². The predicted molar refractivity (Wildman–Crippen MR) is 76.2 cm³/mol. The van der Waals surface area contributed by atoms with Gasteiger partial charge >= 0.3 is 0 Å². The normalized spacial score (nSPS) is 17.6. The van der Waals surface area contributed by atoms with Crippen LogP contribution in [0.25, 0.3) is 0 Å². The van der Waals surface area contributed by atoms with Gasteiger partial charge in [0.15, 0.2) is 0 Å². The maximum Gasteiger partial charge on any atom is 0.220 e. The number of rotatable bonds is 9. The highest BCUT2D eigenvalue weighted by Gasteiger charge is 2.38. The summed E-state index contributed by atoms with van der Waals surface area (Å²) >= 11 is 0. The van der Waals surface area contributed by atoms with E-state index in [2.05, 4.69) is 26.1 Å². The monoisotopic (exact) mass is 254 g/mol. The Balaban J connectivity index is 2.26. The molecular formula is C15H30N2O. The minimum atomic E-state index is -0.00873. The molecule has 1 unspecified atom stereocenters. The first-order chi connectivity index (χ1) is 8.49. The van der Waals surface area contributed by atoms with Crippen molar-refractivity contribution in [3.8, 4) is 0 Å². The molecule has 0 saturated heterocycles. The third kappa shape index (κ3) is 5.38. The second kappa shape index (κ2) is 7.13. The molecule has 1 atom stereocenters. The van der Waals surface area contributed by atoms with Crippen molar-refractivity contribution in [2.75, 3.05) is 6.54 Å². The summed E-state index contributed by atoms with van der Waals surface area (Å²) in [6, 6.07) is 0. The van der Waals surface area contributed by atoms with E-state index in [4.69, 9.17) is 5.73 Å². The summed E-state index contributed by atoms with van der Waals surface area (Å²) < 4.78 is 0. The van der Waals surface area contributed by atoms with E-state index in [1.165, 1.54) is 25.7 Å². The molecule has 0 aromatic rings. The van der Waals surface area contributed by atoms with Gasteiger partial charge in [0.25, 0.3) is 0 Å². The van der Waals surface area contributed by atoms with Crippen molar-refractivity contribution in [2.24, 2.45) is 17.6 Å². The molecule has 1 amide bonds. The molecule has 0 aliphatic heterocycles. The molecule has 0 bridgehead atoms. The van der Waals surface area contributed by atoms with Crippen molar-refractivity contribution in [3.63, 3.8) is 0 Å². The fraction of sp³-hybridized carbons (Fsp3) is 0.933. The summed E-state index contributed by atoms with van der Waals surface area (Å²) in [5, 5.41) is 3.19. The lowest BCUT2D eigenvalue weighted by molar-refractivity contribution is -0.123. The van der Waals surface area contributed by atoms with Crippen LogP contribution in [-0.4, -0.2) is 18.0 Å². The summed E-state index contributed by atoms with van der Waals surface area (Å²) in [4.78, 5) is 12.0. The average Bonchev–Trinajstić information content (AvgIpc) is 3.10. The Hall–Kier alpha value is -0.570. The molecule has 0 heterocycles. The van der Waals surface area contributed by atoms with E-state index in [0.717, 1.165) is 19.4 Å². The minimum absolute atomic E-state index is 0.00873. The Bertz CT molecular complexity index is 253. The standard InChI is InChI=1S/C15H30N2O/c1-4-5-12(10-11-16)6-9-14(18)17-15(2,3)13-7-8-13/h12-13H,4-11,16H2,1-3H3,(H,17,18). The summed E-state index contributed by atoms with van der Waals surface area (Å²) in [7, 11) is 0. The van der Waals surface area contributed by atoms with Crippen LogP contribution in [0.5, 0.6) is 0 Å². The Morgan fingerprint density at radius 2 is 2.00 bits per heavy atom. The second-order valence-electron chi connectivity index (χ2n) is 6.31. The van der Waals surface area contributed by atoms with Crippen LogP contribution < -0.4 is 11.1 Å². The van der Waals surface area contributed by atoms with Gasteiger partial charge in [-0.25, -0.2) is 0 Å². The van der Waals surface area contributed by atoms with Crippen molar-refractivity contribution in [2.45, 2.75) is 71.3 Å². The number of hydrogen-bond donors (Lipinski definition) is 2. The number of amides is 1. The molecule has 0 spiro atoms. The number of nitrogens with two attached hydrogens (primary N) is 1. The van der Waals surface area contributed by atoms with E-state index in [9.17, 15) is 4.79 Å². The predicted octanol–water partition coefficient (Wildman–Crippen LogP) is 2.84. The first-order valence-corrected chi connectivity index (χ1v) is 7.50. The van der Waals surface area contributed by atoms with Crippen LogP contribution in [0.1, 0.15) is 65.7 Å². The smallest absolute Gasteiger partial charge is 0.220 e. The highest BCUT2D eigenvalue weighted by Crippen LogP contribution is 2.39. The molecular weight excluding hydrogens is 224 g/mol. The molecule has 0 radical (unpaired) electrons. The van der Waals surface area contributed by atoms with E-state index in [1.54, 1.807) is 0 Å². The van der Waals surface area contributed by atoms with Gasteiger partial charge in [-0.2, -0.15) is 0 Å². The van der Waals surface area contributed by atoms with Crippen LogP contribution in [-0.2, 0) is 4.79 Å². The van der Waals surface area contributed by atoms with Crippen molar-refractivity contribution in [1.29, 1.82) is 0 Å². The van der Waals surface area contributed by atoms with Gasteiger partial charge in [-0.3, -0.25) is 4.79 Å². The topological polar surface area (TPSA) is 55.1 Å². The number of hydrogen-bond acceptors (Lipinski definition) is 2. The largest absolute Gasteiger partial charge is 0.351 e. The number of nitrogens with one attached hydrogen (secondary N) is 1. The van der Waals surface area contributed by atoms with Gasteiger partial charge in [0.2, 0.25) is 5.91 Å². The molecule has 0 aromatic heterocycles. The summed E-state index contributed by atoms with van der Waals surface area (Å²) in [5.74, 6) is 1.52. The van der Waals surface area contributed by atoms with Crippen LogP contribution in [0, 0.1) is 11.8 Å². The lowest BCUT2D eigenvalue weighted by Crippen LogP contribution is -2.45. The second-order valence-corrected chi connectivity index (χ2v) is 6.31. The quantitative estimate of drug-likeness (QED) is 0.665. The van der Waals surface area contributed by atoms with E-state index >= 15 is 0 Å². The van der Waals surface area contributed by atoms with E-state index in [-0.39, 0.29) is 11.4 Å². The molecule has 0 aromatic carbocycles. The van der Waals surface area contributed by atoms with Gasteiger partial charge in [0.1, 0.15) is 0 Å². The molecule has 18 heavy (non-hydrogen) atoms. The molecule has 3 nitrogen and oxygen atoms in total. The Kier molecular flexibility index (Phi) is 6.13. The fourth-order valence-electron chi connectivity index (χ4n) is 2.74. The van der Waals surface area contributed by atoms with Crippen LogP contribution in [0.3, 0.4) is 0 Å². The van der Waals surface area contributed by atoms with Gasteiger partial charge in [-0.15, -0.1) is 0 Å². The summed E-state index contributed by atoms with van der Waals surface area (Å²) in [6.07, 6.45) is 7.58. The third-order valence-electron chi connectivity index (χ3n) is 4.11. The summed E-state index contributed by atoms with van der Waals surface area (Å²) in [5.41, 5.74) is 5.61. The maximum absolute atomic E-state index is 12.0. The summed E-state index contributed by atoms with van der Waals surface area (Å²) in [6.45, 7) is 7.22. The van der Waals surface area contributed by atoms with Crippen molar-refractivity contribution in [3.05, 3.63) is 0 Å². The molecule has 1 fully saturated rings. The van der Waals surface area contributed by atoms with E-state index < -0.39 is 0 Å². The Labute approximate surface area is 112 Å². The third-order valence-corrected chi connectivity index (χ3v) is 4.11. The first kappa shape index (κ1) is 15.5. The molecule has 3 N–H and O–H groups in total. The van der Waals surface area contributed by atoms with Crippen LogP contribution in [0.15, 0.2) is 0 Å². The van der Waals surface area contributed by atoms with Gasteiger partial charge < -0.3 is 11.1 Å². The molecule has 3 heteroatoms. The van der Waals surface area contributed by atoms with Gasteiger partial charge in [0.05, 0.1) is 0 Å². The van der Waals surface area contributed by atoms with Gasteiger partial charge in [-0.05, 0) is 57.9 Å². The fourth-order valence-corrected chi connectivity index (χ4v) is 2.74. The SMILES string of the molecule is CCCC(CCN)CCC(=O)NC(C)(C)C1CC1. The minimum Gasteiger partial charge on any atom is -0.351 e.